The molecule has 12 rings (SSSR count). The lowest BCUT2D eigenvalue weighted by atomic mass is 9.75. The summed E-state index contributed by atoms with van der Waals surface area (Å²) in [4.78, 5) is 0. The van der Waals surface area contributed by atoms with Crippen molar-refractivity contribution in [2.24, 2.45) is 0 Å². The molecule has 0 aromatic heterocycles. The molecular weight excluding hydrogens is 1340 g/mol. The third-order valence-electron chi connectivity index (χ3n) is 24.2. The first kappa shape index (κ1) is 82.9. The summed E-state index contributed by atoms with van der Waals surface area (Å²) in [6, 6.07) is 48.0. The average Bonchev–Trinajstić information content (AvgIpc) is 1.59. The maximum absolute atomic E-state index is 7.13. The van der Waals surface area contributed by atoms with Crippen molar-refractivity contribution < 1.29 is 0 Å². The number of aryl methyl sites for hydroxylation is 2. The minimum absolute atomic E-state index is 0.0272. The van der Waals surface area contributed by atoms with E-state index in [2.05, 4.69) is 393 Å². The van der Waals surface area contributed by atoms with Gasteiger partial charge >= 0.3 is 0 Å². The minimum atomic E-state index is -2.09. The third-order valence-corrected chi connectivity index (χ3v) is 31.5. The first-order chi connectivity index (χ1) is 48.8. The molecule has 8 aromatic rings. The van der Waals surface area contributed by atoms with Gasteiger partial charge in [-0.3, -0.25) is 0 Å². The molecule has 107 heavy (non-hydrogen) atoms. The third kappa shape index (κ3) is 17.0. The van der Waals surface area contributed by atoms with Gasteiger partial charge in [-0.15, -0.1) is 0 Å². The van der Waals surface area contributed by atoms with Gasteiger partial charge in [-0.25, -0.2) is 0 Å². The van der Waals surface area contributed by atoms with Crippen LogP contribution in [0, 0.1) is 27.7 Å². The highest BCUT2D eigenvalue weighted by Crippen LogP contribution is 2.57. The van der Waals surface area contributed by atoms with Crippen LogP contribution in [0.2, 0.25) is 26.2 Å². The molecule has 8 aromatic carbocycles. The van der Waals surface area contributed by atoms with Gasteiger partial charge in [0.25, 0.3) is 0 Å². The molecular formula is C104H137ClSi2. The first-order valence-corrected chi connectivity index (χ1v) is 47.6. The van der Waals surface area contributed by atoms with Gasteiger partial charge in [0.15, 0.2) is 7.38 Å². The Morgan fingerprint density at radius 3 is 0.981 bits per heavy atom. The molecule has 4 aliphatic rings. The maximum Gasteiger partial charge on any atom is 0.161 e. The number of halogens is 1. The zero-order chi connectivity index (χ0) is 79.9. The van der Waals surface area contributed by atoms with Crippen LogP contribution in [-0.4, -0.2) is 15.5 Å². The molecule has 4 aliphatic carbocycles. The zero-order valence-corrected chi connectivity index (χ0v) is 76.4. The van der Waals surface area contributed by atoms with Gasteiger partial charge in [-0.1, -0.05) is 366 Å². The Balaban J connectivity index is 0.000000191. The molecule has 0 saturated heterocycles. The molecule has 0 fully saturated rings. The number of fused-ring (bicyclic) bond motifs is 4. The predicted octanol–water partition coefficient (Wildman–Crippen LogP) is 31.3. The summed E-state index contributed by atoms with van der Waals surface area (Å²) in [5.41, 5.74) is 47.6. The van der Waals surface area contributed by atoms with E-state index in [1.807, 2.05) is 0 Å². The molecule has 0 aliphatic heterocycles. The smallest absolute Gasteiger partial charge is 0.161 e. The molecule has 3 unspecified atom stereocenters. The Kier molecular flexibility index (Phi) is 22.2. The van der Waals surface area contributed by atoms with Gasteiger partial charge in [0, 0.05) is 16.6 Å². The van der Waals surface area contributed by atoms with Gasteiger partial charge in [-0.05, 0) is 255 Å². The Bertz CT molecular complexity index is 4830. The molecule has 0 nitrogen and oxygen atoms in total. The minimum Gasteiger partial charge on any atom is -0.167 e. The summed E-state index contributed by atoms with van der Waals surface area (Å²) in [6.45, 7) is 84.6. The normalized spacial score (nSPS) is 16.9. The lowest BCUT2D eigenvalue weighted by Gasteiger charge is -2.40. The molecule has 0 heterocycles. The second kappa shape index (κ2) is 28.6. The van der Waals surface area contributed by atoms with E-state index in [0.29, 0.717) is 16.6 Å². The SMILES string of the molecule is CC1=Cc2c(-c3ccc(C(C)(C)C)cc3)cc(C)cc2C1[Si](C)(C)C1C(C)=Cc2c1cc(C(C)(C)C)c(C)c2-c1cc(C(C)(C)C)cc(C(C)(C)C)c1.CC1=Cc2c(cc(C(C)(C)C)c(C)c2-c2cc(C(C)(C)C)cc(C(C)(C)C)c2)C1[Si](C)(C)Cl.CC1=Cc2cc(C)cc(-c3ccc(C(C)(C)C)cc3)c2C1. The Hall–Kier alpha value is -6.56. The second-order valence-electron chi connectivity index (χ2n) is 42.8. The number of hydrogen-bond acceptors (Lipinski definition) is 0. The summed E-state index contributed by atoms with van der Waals surface area (Å²) >= 11 is 7.13. The summed E-state index contributed by atoms with van der Waals surface area (Å²) in [5, 5.41) is 0. The van der Waals surface area contributed by atoms with E-state index in [-0.39, 0.29) is 43.3 Å². The van der Waals surface area contributed by atoms with E-state index in [1.54, 1.807) is 16.7 Å². The summed E-state index contributed by atoms with van der Waals surface area (Å²) in [7, 11) is -4.03. The molecule has 0 spiro atoms. The Morgan fingerprint density at radius 1 is 0.308 bits per heavy atom. The van der Waals surface area contributed by atoms with Crippen LogP contribution < -0.4 is 0 Å². The van der Waals surface area contributed by atoms with Crippen LogP contribution in [0.5, 0.6) is 0 Å². The van der Waals surface area contributed by atoms with Crippen molar-refractivity contribution in [1.29, 1.82) is 0 Å². The van der Waals surface area contributed by atoms with Crippen LogP contribution in [0.3, 0.4) is 0 Å². The monoisotopic (exact) mass is 1480 g/mol. The summed E-state index contributed by atoms with van der Waals surface area (Å²) in [5.74, 6) is 0. The highest BCUT2D eigenvalue weighted by atomic mass is 35.6. The Morgan fingerprint density at radius 2 is 0.626 bits per heavy atom. The van der Waals surface area contributed by atoms with Crippen LogP contribution in [0.25, 0.3) is 68.8 Å². The summed E-state index contributed by atoms with van der Waals surface area (Å²) in [6.07, 6.45) is 11.0. The van der Waals surface area contributed by atoms with Crippen LogP contribution in [0.15, 0.2) is 144 Å². The molecule has 0 bridgehead atoms. The highest BCUT2D eigenvalue weighted by Gasteiger charge is 2.49. The topological polar surface area (TPSA) is 0 Å². The molecule has 3 atom stereocenters. The van der Waals surface area contributed by atoms with Crippen molar-refractivity contribution in [3.8, 4) is 44.5 Å². The van der Waals surface area contributed by atoms with E-state index in [0.717, 1.165) is 6.42 Å². The van der Waals surface area contributed by atoms with Gasteiger partial charge in [0.2, 0.25) is 0 Å². The molecule has 0 radical (unpaired) electrons. The number of benzene rings is 8. The predicted molar refractivity (Wildman–Crippen MR) is 483 cm³/mol. The van der Waals surface area contributed by atoms with E-state index < -0.39 is 15.5 Å². The van der Waals surface area contributed by atoms with Crippen molar-refractivity contribution in [3.05, 3.63) is 255 Å². The number of rotatable bonds is 7. The average molecular weight is 1480 g/mol. The fourth-order valence-corrected chi connectivity index (χ4v) is 26.5. The van der Waals surface area contributed by atoms with Gasteiger partial charge in [0.05, 0.1) is 8.07 Å². The van der Waals surface area contributed by atoms with Crippen molar-refractivity contribution in [2.45, 2.75) is 314 Å². The quantitative estimate of drug-likeness (QED) is 0.110. The molecule has 568 valence electrons. The second-order valence-corrected chi connectivity index (χ2v) is 54.2. The maximum atomic E-state index is 7.13. The largest absolute Gasteiger partial charge is 0.167 e. The molecule has 0 saturated carbocycles. The first-order valence-electron chi connectivity index (χ1n) is 40.4. The molecule has 3 heteroatoms. The van der Waals surface area contributed by atoms with Crippen LogP contribution in [0.4, 0.5) is 0 Å². The van der Waals surface area contributed by atoms with E-state index in [4.69, 9.17) is 11.1 Å². The summed E-state index contributed by atoms with van der Waals surface area (Å²) < 4.78 is 0. The fourth-order valence-electron chi connectivity index (χ4n) is 18.5. The van der Waals surface area contributed by atoms with Crippen LogP contribution in [0.1, 0.15) is 322 Å². The molecule has 0 N–H and O–H groups in total. The highest BCUT2D eigenvalue weighted by molar-refractivity contribution is 7.20. The van der Waals surface area contributed by atoms with Crippen molar-refractivity contribution in [1.82, 2.24) is 0 Å². The van der Waals surface area contributed by atoms with Crippen molar-refractivity contribution >= 4 is 50.8 Å². The van der Waals surface area contributed by atoms with E-state index >= 15 is 0 Å². The van der Waals surface area contributed by atoms with Crippen molar-refractivity contribution in [2.75, 3.05) is 0 Å². The van der Waals surface area contributed by atoms with Crippen molar-refractivity contribution in [3.63, 3.8) is 0 Å². The fraction of sp³-hybridized carbons (Fsp3) is 0.462. The van der Waals surface area contributed by atoms with Crippen LogP contribution >= 0.6 is 11.1 Å². The van der Waals surface area contributed by atoms with E-state index in [1.165, 1.54) is 161 Å². The van der Waals surface area contributed by atoms with Gasteiger partial charge < -0.3 is 0 Å². The zero-order valence-electron chi connectivity index (χ0n) is 73.7. The Labute approximate surface area is 659 Å². The van der Waals surface area contributed by atoms with E-state index in [9.17, 15) is 0 Å². The number of allylic oxidation sites excluding steroid dienone is 4. The van der Waals surface area contributed by atoms with Gasteiger partial charge in [0.1, 0.15) is 0 Å². The standard InChI is InChI=1S/C52H68Si.C31H45ClSi.C21H24/c1-31-23-40(35-19-21-37(22-20-35)49(5,6)7)41-25-32(2)47(43(41)24-31)53(17,18)48-33(3)26-42-44(48)30-45(52(14,15)16)34(4)46(42)36-27-38(50(8,9)10)29-39(28-36)51(11,12)13;1-19-14-24-25(28(19)33(12,13)32)18-26(31(9,10)11)20(2)27(24)21-15-22(29(3,4)5)17-23(16-21)30(6,7)8;1-14-10-17-11-15(2)13-20(17)19(12-14)16-6-8-18(9-7-16)21(3,4)5/h19-30,47-48H,1-18H3;14-18,28H,1-13H3;6-12H,13H2,1-5H3. The molecule has 0 amide bonds. The number of hydrogen-bond donors (Lipinski definition) is 0. The van der Waals surface area contributed by atoms with Gasteiger partial charge in [-0.2, -0.15) is 11.1 Å². The lowest BCUT2D eigenvalue weighted by Crippen LogP contribution is -2.42. The van der Waals surface area contributed by atoms with Crippen LogP contribution in [-0.2, 0) is 49.7 Å². The lowest BCUT2D eigenvalue weighted by molar-refractivity contribution is 0.568.